The van der Waals surface area contributed by atoms with Gasteiger partial charge < -0.3 is 5.32 Å². The predicted octanol–water partition coefficient (Wildman–Crippen LogP) is 4.66. The Kier molecular flexibility index (Phi) is 5.30. The lowest BCUT2D eigenvalue weighted by atomic mass is 10.1. The van der Waals surface area contributed by atoms with Crippen LogP contribution in [0.1, 0.15) is 38.8 Å². The molecule has 3 heteroatoms. The van der Waals surface area contributed by atoms with Gasteiger partial charge in [0.1, 0.15) is 0 Å². The highest BCUT2D eigenvalue weighted by Crippen LogP contribution is 2.27. The maximum absolute atomic E-state index is 3.59. The molecule has 2 atom stereocenters. The van der Waals surface area contributed by atoms with Crippen LogP contribution < -0.4 is 5.32 Å². The van der Waals surface area contributed by atoms with Crippen molar-refractivity contribution in [1.82, 2.24) is 5.32 Å². The summed E-state index contributed by atoms with van der Waals surface area (Å²) in [5, 5.41) is 3.56. The second-order valence-corrected chi connectivity index (χ2v) is 5.63. The van der Waals surface area contributed by atoms with Gasteiger partial charge in [-0.15, -0.1) is 0 Å². The fourth-order valence-electron chi connectivity index (χ4n) is 1.49. The van der Waals surface area contributed by atoms with Crippen LogP contribution in [0.4, 0.5) is 0 Å². The lowest BCUT2D eigenvalue weighted by Crippen LogP contribution is -2.28. The Labute approximate surface area is 109 Å². The van der Waals surface area contributed by atoms with Crippen molar-refractivity contribution in [3.05, 3.63) is 32.7 Å². The number of benzene rings is 1. The summed E-state index contributed by atoms with van der Waals surface area (Å²) in [5.41, 5.74) is 1.30. The maximum Gasteiger partial charge on any atom is 0.0305 e. The Morgan fingerprint density at radius 1 is 1.27 bits per heavy atom. The number of hydrogen-bond donors (Lipinski definition) is 1. The molecule has 1 aromatic rings. The molecule has 0 heterocycles. The summed E-state index contributed by atoms with van der Waals surface area (Å²) in [6.07, 6.45) is 1.15. The second-order valence-electron chi connectivity index (χ2n) is 3.86. The fourth-order valence-corrected chi connectivity index (χ4v) is 2.88. The molecule has 0 aromatic heterocycles. The van der Waals surface area contributed by atoms with Crippen molar-refractivity contribution in [1.29, 1.82) is 0 Å². The van der Waals surface area contributed by atoms with E-state index >= 15 is 0 Å². The van der Waals surface area contributed by atoms with Crippen LogP contribution in [0.15, 0.2) is 27.1 Å². The van der Waals surface area contributed by atoms with Crippen molar-refractivity contribution in [2.45, 2.75) is 39.3 Å². The van der Waals surface area contributed by atoms with Gasteiger partial charge in [-0.1, -0.05) is 44.8 Å². The minimum absolute atomic E-state index is 0.377. The molecule has 1 rings (SSSR count). The first-order valence-corrected chi connectivity index (χ1v) is 6.84. The standard InChI is InChI=1S/C12H17Br2N/c1-4-8(2)15-9(3)11-6-5-10(13)7-12(11)14/h5-9,15H,4H2,1-3H3. The third-order valence-corrected chi connectivity index (χ3v) is 3.76. The molecule has 0 aliphatic carbocycles. The number of hydrogen-bond acceptors (Lipinski definition) is 1. The zero-order valence-corrected chi connectivity index (χ0v) is 12.5. The molecular formula is C12H17Br2N. The van der Waals surface area contributed by atoms with E-state index in [1.54, 1.807) is 0 Å². The highest BCUT2D eigenvalue weighted by atomic mass is 79.9. The molecule has 0 radical (unpaired) electrons. The minimum atomic E-state index is 0.377. The predicted molar refractivity (Wildman–Crippen MR) is 73.1 cm³/mol. The Balaban J connectivity index is 2.77. The van der Waals surface area contributed by atoms with E-state index in [0.29, 0.717) is 12.1 Å². The van der Waals surface area contributed by atoms with E-state index in [4.69, 9.17) is 0 Å². The lowest BCUT2D eigenvalue weighted by molar-refractivity contribution is 0.468. The van der Waals surface area contributed by atoms with Crippen LogP contribution in [0.25, 0.3) is 0 Å². The van der Waals surface area contributed by atoms with Gasteiger partial charge in [-0.25, -0.2) is 0 Å². The van der Waals surface area contributed by atoms with E-state index < -0.39 is 0 Å². The quantitative estimate of drug-likeness (QED) is 0.844. The average Bonchev–Trinajstić information content (AvgIpc) is 2.17. The molecule has 0 spiro atoms. The third-order valence-electron chi connectivity index (χ3n) is 2.58. The zero-order chi connectivity index (χ0) is 11.4. The smallest absolute Gasteiger partial charge is 0.0305 e. The molecule has 1 nitrogen and oxygen atoms in total. The largest absolute Gasteiger partial charge is 0.308 e. The molecule has 0 aliphatic heterocycles. The monoisotopic (exact) mass is 333 g/mol. The Hall–Kier alpha value is 0.140. The first kappa shape index (κ1) is 13.2. The summed E-state index contributed by atoms with van der Waals surface area (Å²) in [7, 11) is 0. The molecule has 84 valence electrons. The molecule has 0 saturated heterocycles. The van der Waals surface area contributed by atoms with Crippen LogP contribution in [-0.4, -0.2) is 6.04 Å². The topological polar surface area (TPSA) is 12.0 Å². The van der Waals surface area contributed by atoms with Gasteiger partial charge in [-0.3, -0.25) is 0 Å². The fraction of sp³-hybridized carbons (Fsp3) is 0.500. The van der Waals surface area contributed by atoms with Crippen molar-refractivity contribution in [2.24, 2.45) is 0 Å². The van der Waals surface area contributed by atoms with Gasteiger partial charge in [0.2, 0.25) is 0 Å². The van der Waals surface area contributed by atoms with Crippen molar-refractivity contribution in [2.75, 3.05) is 0 Å². The van der Waals surface area contributed by atoms with Crippen molar-refractivity contribution < 1.29 is 0 Å². The first-order chi connectivity index (χ1) is 7.04. The van der Waals surface area contributed by atoms with Gasteiger partial charge in [0.05, 0.1) is 0 Å². The van der Waals surface area contributed by atoms with Gasteiger partial charge in [0.15, 0.2) is 0 Å². The van der Waals surface area contributed by atoms with Gasteiger partial charge in [-0.05, 0) is 38.0 Å². The highest BCUT2D eigenvalue weighted by molar-refractivity contribution is 9.11. The minimum Gasteiger partial charge on any atom is -0.308 e. The summed E-state index contributed by atoms with van der Waals surface area (Å²) < 4.78 is 2.26. The summed E-state index contributed by atoms with van der Waals surface area (Å²) in [5.74, 6) is 0. The SMILES string of the molecule is CCC(C)NC(C)c1ccc(Br)cc1Br. The molecule has 0 aliphatic rings. The number of rotatable bonds is 4. The summed E-state index contributed by atoms with van der Waals surface area (Å²) in [6, 6.07) is 7.24. The Morgan fingerprint density at radius 2 is 1.93 bits per heavy atom. The Bertz CT molecular complexity index is 325. The Morgan fingerprint density at radius 3 is 2.47 bits per heavy atom. The molecule has 15 heavy (non-hydrogen) atoms. The highest BCUT2D eigenvalue weighted by Gasteiger charge is 2.11. The van der Waals surface area contributed by atoms with Gasteiger partial charge in [-0.2, -0.15) is 0 Å². The van der Waals surface area contributed by atoms with E-state index in [1.807, 2.05) is 0 Å². The van der Waals surface area contributed by atoms with E-state index in [0.717, 1.165) is 15.4 Å². The second kappa shape index (κ2) is 6.02. The van der Waals surface area contributed by atoms with E-state index in [1.165, 1.54) is 5.56 Å². The van der Waals surface area contributed by atoms with Crippen LogP contribution in [0, 0.1) is 0 Å². The molecule has 1 aromatic carbocycles. The number of halogens is 2. The van der Waals surface area contributed by atoms with Crippen LogP contribution in [0.3, 0.4) is 0 Å². The summed E-state index contributed by atoms with van der Waals surface area (Å²) in [6.45, 7) is 6.60. The maximum atomic E-state index is 3.59. The molecule has 0 amide bonds. The molecule has 2 unspecified atom stereocenters. The normalized spacial score (nSPS) is 15.0. The van der Waals surface area contributed by atoms with Crippen LogP contribution >= 0.6 is 31.9 Å². The van der Waals surface area contributed by atoms with Crippen molar-refractivity contribution in [3.8, 4) is 0 Å². The van der Waals surface area contributed by atoms with Crippen molar-refractivity contribution >= 4 is 31.9 Å². The zero-order valence-electron chi connectivity index (χ0n) is 9.35. The molecule has 0 saturated carbocycles. The van der Waals surface area contributed by atoms with E-state index in [-0.39, 0.29) is 0 Å². The van der Waals surface area contributed by atoms with Crippen LogP contribution in [-0.2, 0) is 0 Å². The molecule has 0 fully saturated rings. The molecular weight excluding hydrogens is 318 g/mol. The van der Waals surface area contributed by atoms with Gasteiger partial charge >= 0.3 is 0 Å². The van der Waals surface area contributed by atoms with Crippen molar-refractivity contribution in [3.63, 3.8) is 0 Å². The third kappa shape index (κ3) is 3.89. The van der Waals surface area contributed by atoms with Crippen LogP contribution in [0.2, 0.25) is 0 Å². The lowest BCUT2D eigenvalue weighted by Gasteiger charge is -2.20. The summed E-state index contributed by atoms with van der Waals surface area (Å²) >= 11 is 7.05. The van der Waals surface area contributed by atoms with Crippen LogP contribution in [0.5, 0.6) is 0 Å². The van der Waals surface area contributed by atoms with E-state index in [2.05, 4.69) is 76.1 Å². The average molecular weight is 335 g/mol. The van der Waals surface area contributed by atoms with Gasteiger partial charge in [0.25, 0.3) is 0 Å². The van der Waals surface area contributed by atoms with Gasteiger partial charge in [0, 0.05) is 21.0 Å². The molecule has 1 N–H and O–H groups in total. The first-order valence-electron chi connectivity index (χ1n) is 5.25. The van der Waals surface area contributed by atoms with E-state index in [9.17, 15) is 0 Å². The summed E-state index contributed by atoms with van der Waals surface area (Å²) in [4.78, 5) is 0. The molecule has 0 bridgehead atoms. The number of nitrogens with one attached hydrogen (secondary N) is 1.